The van der Waals surface area contributed by atoms with Crippen LogP contribution in [0.2, 0.25) is 0 Å². The van der Waals surface area contributed by atoms with Gasteiger partial charge in [0.05, 0.1) is 6.61 Å². The minimum Gasteiger partial charge on any atom is -0.436 e. The molecule has 0 fully saturated rings. The van der Waals surface area contributed by atoms with Crippen molar-refractivity contribution < 1.29 is 9.52 Å². The Balaban J connectivity index is 1.72. The highest BCUT2D eigenvalue weighted by molar-refractivity contribution is 5.87. The minimum atomic E-state index is 0.132. The van der Waals surface area contributed by atoms with Crippen molar-refractivity contribution >= 4 is 11.1 Å². The largest absolute Gasteiger partial charge is 0.436 e. The van der Waals surface area contributed by atoms with Gasteiger partial charge in [0, 0.05) is 24.2 Å². The summed E-state index contributed by atoms with van der Waals surface area (Å²) in [5.41, 5.74) is 8.53. The predicted octanol–water partition coefficient (Wildman–Crippen LogP) is 4.86. The average molecular weight is 372 g/mol. The molecule has 4 nitrogen and oxygen atoms in total. The fraction of sp³-hybridized carbons (Fsp3) is 0.208. The number of oxazole rings is 1. The highest BCUT2D eigenvalue weighted by Gasteiger charge is 2.14. The molecule has 0 aliphatic heterocycles. The minimum absolute atomic E-state index is 0.132. The summed E-state index contributed by atoms with van der Waals surface area (Å²) in [6.07, 6.45) is 0. The zero-order valence-corrected chi connectivity index (χ0v) is 16.2. The summed E-state index contributed by atoms with van der Waals surface area (Å²) in [4.78, 5) is 4.71. The molecule has 4 rings (SSSR count). The van der Waals surface area contributed by atoms with E-state index in [4.69, 9.17) is 14.5 Å². The second-order valence-electron chi connectivity index (χ2n) is 7.02. The van der Waals surface area contributed by atoms with Crippen molar-refractivity contribution in [3.8, 4) is 22.6 Å². The molecule has 4 aromatic rings. The van der Waals surface area contributed by atoms with Crippen molar-refractivity contribution in [3.05, 3.63) is 77.4 Å². The van der Waals surface area contributed by atoms with Crippen molar-refractivity contribution in [2.24, 2.45) is 0 Å². The molecule has 0 atom stereocenters. The standard InChI is InChI=1S/C24H24N2O2/c1-16-6-3-4-9-20(16)21-10-11-22-23(17(21)2)28-24(26-22)19-8-5-7-18(14-19)15-25-12-13-27/h3-11,14,25,27H,12-13,15H2,1-2H3. The summed E-state index contributed by atoms with van der Waals surface area (Å²) in [7, 11) is 0. The van der Waals surface area contributed by atoms with Gasteiger partial charge in [-0.3, -0.25) is 0 Å². The Morgan fingerprint density at radius 1 is 0.964 bits per heavy atom. The quantitative estimate of drug-likeness (QED) is 0.475. The molecule has 142 valence electrons. The number of hydrogen-bond donors (Lipinski definition) is 2. The summed E-state index contributed by atoms with van der Waals surface area (Å²) in [5.74, 6) is 0.629. The highest BCUT2D eigenvalue weighted by Crippen LogP contribution is 2.34. The molecule has 0 radical (unpaired) electrons. The molecule has 0 aliphatic rings. The van der Waals surface area contributed by atoms with Gasteiger partial charge in [0.25, 0.3) is 0 Å². The molecule has 28 heavy (non-hydrogen) atoms. The van der Waals surface area contributed by atoms with Crippen LogP contribution in [0.25, 0.3) is 33.7 Å². The fourth-order valence-electron chi connectivity index (χ4n) is 3.54. The lowest BCUT2D eigenvalue weighted by Crippen LogP contribution is -2.17. The predicted molar refractivity (Wildman–Crippen MR) is 113 cm³/mol. The SMILES string of the molecule is Cc1ccccc1-c1ccc2nc(-c3cccc(CNCCO)c3)oc2c1C. The Morgan fingerprint density at radius 2 is 1.82 bits per heavy atom. The molecule has 0 spiro atoms. The molecule has 0 unspecified atom stereocenters. The van der Waals surface area contributed by atoms with Crippen LogP contribution in [-0.2, 0) is 6.54 Å². The van der Waals surface area contributed by atoms with Gasteiger partial charge in [0.2, 0.25) is 5.89 Å². The molecule has 0 saturated carbocycles. The molecule has 0 saturated heterocycles. The van der Waals surface area contributed by atoms with Crippen LogP contribution in [0.3, 0.4) is 0 Å². The Morgan fingerprint density at radius 3 is 2.64 bits per heavy atom. The van der Waals surface area contributed by atoms with E-state index < -0.39 is 0 Å². The van der Waals surface area contributed by atoms with Crippen molar-refractivity contribution in [2.75, 3.05) is 13.2 Å². The summed E-state index contributed by atoms with van der Waals surface area (Å²) >= 11 is 0. The summed E-state index contributed by atoms with van der Waals surface area (Å²) in [5, 5.41) is 12.1. The van der Waals surface area contributed by atoms with Crippen molar-refractivity contribution in [3.63, 3.8) is 0 Å². The molecule has 1 heterocycles. The molecule has 0 aliphatic carbocycles. The van der Waals surface area contributed by atoms with Crippen LogP contribution in [0.5, 0.6) is 0 Å². The maximum absolute atomic E-state index is 8.92. The van der Waals surface area contributed by atoms with E-state index in [9.17, 15) is 0 Å². The van der Waals surface area contributed by atoms with Crippen LogP contribution in [0.4, 0.5) is 0 Å². The summed E-state index contributed by atoms with van der Waals surface area (Å²) in [6.45, 7) is 5.63. The van der Waals surface area contributed by atoms with E-state index in [1.54, 1.807) is 0 Å². The molecule has 0 amide bonds. The first-order chi connectivity index (χ1) is 13.7. The van der Waals surface area contributed by atoms with Crippen LogP contribution in [0.15, 0.2) is 65.1 Å². The first-order valence-electron chi connectivity index (χ1n) is 9.54. The number of aromatic nitrogens is 1. The molecule has 2 N–H and O–H groups in total. The first kappa shape index (κ1) is 18.4. The monoisotopic (exact) mass is 372 g/mol. The Bertz CT molecular complexity index is 1110. The van der Waals surface area contributed by atoms with Gasteiger partial charge in [-0.1, -0.05) is 42.5 Å². The lowest BCUT2D eigenvalue weighted by Gasteiger charge is -2.09. The van der Waals surface area contributed by atoms with Gasteiger partial charge in [-0.15, -0.1) is 0 Å². The van der Waals surface area contributed by atoms with Gasteiger partial charge in [-0.25, -0.2) is 4.98 Å². The molecular formula is C24H24N2O2. The van der Waals surface area contributed by atoms with E-state index in [1.807, 2.05) is 18.2 Å². The zero-order valence-electron chi connectivity index (χ0n) is 16.2. The number of nitrogens with zero attached hydrogens (tertiary/aromatic N) is 1. The van der Waals surface area contributed by atoms with Gasteiger partial charge < -0.3 is 14.8 Å². The van der Waals surface area contributed by atoms with Crippen molar-refractivity contribution in [2.45, 2.75) is 20.4 Å². The average Bonchev–Trinajstić information content (AvgIpc) is 3.15. The first-order valence-corrected chi connectivity index (χ1v) is 9.54. The third kappa shape index (κ3) is 3.57. The Hall–Kier alpha value is -2.95. The number of rotatable bonds is 6. The van der Waals surface area contributed by atoms with Crippen LogP contribution in [0, 0.1) is 13.8 Å². The van der Waals surface area contributed by atoms with E-state index in [1.165, 1.54) is 16.7 Å². The molecule has 0 bridgehead atoms. The molecule has 1 aromatic heterocycles. The molecule has 3 aromatic carbocycles. The number of fused-ring (bicyclic) bond motifs is 1. The van der Waals surface area contributed by atoms with Gasteiger partial charge in [0.15, 0.2) is 5.58 Å². The lowest BCUT2D eigenvalue weighted by atomic mass is 9.96. The summed E-state index contributed by atoms with van der Waals surface area (Å²) in [6, 6.07) is 20.7. The van der Waals surface area contributed by atoms with E-state index in [0.717, 1.165) is 27.8 Å². The van der Waals surface area contributed by atoms with E-state index >= 15 is 0 Å². The van der Waals surface area contributed by atoms with Crippen molar-refractivity contribution in [1.29, 1.82) is 0 Å². The van der Waals surface area contributed by atoms with Crippen LogP contribution >= 0.6 is 0 Å². The van der Waals surface area contributed by atoms with Crippen LogP contribution in [0.1, 0.15) is 16.7 Å². The Labute approximate surface area is 164 Å². The normalized spacial score (nSPS) is 11.2. The number of nitrogens with one attached hydrogen (secondary N) is 1. The summed E-state index contributed by atoms with van der Waals surface area (Å²) < 4.78 is 6.20. The number of benzene rings is 3. The van der Waals surface area contributed by atoms with Crippen LogP contribution in [-0.4, -0.2) is 23.2 Å². The number of hydrogen-bond acceptors (Lipinski definition) is 4. The smallest absolute Gasteiger partial charge is 0.227 e. The number of aliphatic hydroxyl groups excluding tert-OH is 1. The van der Waals surface area contributed by atoms with E-state index in [0.29, 0.717) is 19.0 Å². The third-order valence-corrected chi connectivity index (χ3v) is 5.03. The zero-order chi connectivity index (χ0) is 19.5. The van der Waals surface area contributed by atoms with E-state index in [-0.39, 0.29) is 6.61 Å². The third-order valence-electron chi connectivity index (χ3n) is 5.03. The van der Waals surface area contributed by atoms with E-state index in [2.05, 4.69) is 61.6 Å². The van der Waals surface area contributed by atoms with Gasteiger partial charge in [-0.05, 0) is 54.3 Å². The van der Waals surface area contributed by atoms with Crippen molar-refractivity contribution in [1.82, 2.24) is 10.3 Å². The van der Waals surface area contributed by atoms with Gasteiger partial charge in [-0.2, -0.15) is 0 Å². The topological polar surface area (TPSA) is 58.3 Å². The lowest BCUT2D eigenvalue weighted by molar-refractivity contribution is 0.292. The van der Waals surface area contributed by atoms with Gasteiger partial charge in [0.1, 0.15) is 5.52 Å². The second kappa shape index (κ2) is 7.97. The number of aliphatic hydroxyl groups is 1. The Kier molecular flexibility index (Phi) is 5.24. The maximum Gasteiger partial charge on any atom is 0.227 e. The van der Waals surface area contributed by atoms with Gasteiger partial charge >= 0.3 is 0 Å². The molecule has 4 heteroatoms. The highest BCUT2D eigenvalue weighted by atomic mass is 16.3. The van der Waals surface area contributed by atoms with Crippen LogP contribution < -0.4 is 5.32 Å². The maximum atomic E-state index is 8.92. The fourth-order valence-corrected chi connectivity index (χ4v) is 3.54. The number of aryl methyl sites for hydroxylation is 2. The molecular weight excluding hydrogens is 348 g/mol. The second-order valence-corrected chi connectivity index (χ2v) is 7.02.